The van der Waals surface area contributed by atoms with E-state index in [4.69, 9.17) is 0 Å². The lowest BCUT2D eigenvalue weighted by atomic mass is 10.0. The highest BCUT2D eigenvalue weighted by Crippen LogP contribution is 2.36. The molecule has 0 amide bonds. The Morgan fingerprint density at radius 2 is 1.85 bits per heavy atom. The van der Waals surface area contributed by atoms with Gasteiger partial charge in [0.15, 0.2) is 0 Å². The molecule has 0 saturated heterocycles. The number of aliphatic imine (C=N–C) groups is 1. The second kappa shape index (κ2) is 5.88. The van der Waals surface area contributed by atoms with Crippen molar-refractivity contribution in [2.75, 3.05) is 0 Å². The first-order chi connectivity index (χ1) is 12.5. The molecule has 3 aromatic rings. The van der Waals surface area contributed by atoms with Gasteiger partial charge in [0, 0.05) is 16.8 Å². The van der Waals surface area contributed by atoms with Crippen LogP contribution in [0.5, 0.6) is 5.88 Å². The zero-order valence-electron chi connectivity index (χ0n) is 14.9. The summed E-state index contributed by atoms with van der Waals surface area (Å²) in [7, 11) is 0. The fourth-order valence-electron chi connectivity index (χ4n) is 3.18. The van der Waals surface area contributed by atoms with Gasteiger partial charge in [-0.05, 0) is 56.2 Å². The number of rotatable bonds is 2. The number of hydrogen-bond donors (Lipinski definition) is 2. The minimum absolute atomic E-state index is 0.108. The molecule has 4 rings (SSSR count). The van der Waals surface area contributed by atoms with Gasteiger partial charge in [0.05, 0.1) is 11.4 Å². The molecule has 1 aliphatic heterocycles. The molecule has 2 N–H and O–H groups in total. The van der Waals surface area contributed by atoms with Crippen LogP contribution in [0.15, 0.2) is 52.3 Å². The average molecular weight is 345 g/mol. The molecule has 2 heterocycles. The molecular formula is C21H19N3O2. The average Bonchev–Trinajstić information content (AvgIpc) is 3.08. The minimum atomic E-state index is -0.342. The van der Waals surface area contributed by atoms with E-state index < -0.39 is 0 Å². The van der Waals surface area contributed by atoms with E-state index in [1.807, 2.05) is 63.2 Å². The number of benzene rings is 2. The van der Waals surface area contributed by atoms with Gasteiger partial charge >= 0.3 is 0 Å². The topological polar surface area (TPSA) is 70.4 Å². The summed E-state index contributed by atoms with van der Waals surface area (Å²) in [6.07, 6.45) is 1.70. The fraction of sp³-hybridized carbons (Fsp3) is 0.143. The van der Waals surface area contributed by atoms with Crippen molar-refractivity contribution in [2.45, 2.75) is 20.8 Å². The number of fused-ring (bicyclic) bond motifs is 1. The third-order valence-electron chi connectivity index (χ3n) is 4.82. The minimum Gasteiger partial charge on any atom is -0.493 e. The summed E-state index contributed by atoms with van der Waals surface area (Å²) in [4.78, 5) is 17.0. The largest absolute Gasteiger partial charge is 0.493 e. The number of aromatic amines is 1. The van der Waals surface area contributed by atoms with E-state index in [2.05, 4.69) is 10.1 Å². The Labute approximate surface area is 150 Å². The molecule has 1 aliphatic rings. The Bertz CT molecular complexity index is 1150. The Balaban J connectivity index is 1.85. The standard InChI is InChI=1S/C21H19N3O2/c1-12-8-9-15(10-13(12)2)24-21(26)18(20(25)23-24)11-17-14(3)22-19-7-5-4-6-16(17)19/h4-11,26H,1-3H3,(H,23,25)/b17-11-. The Morgan fingerprint density at radius 3 is 2.62 bits per heavy atom. The summed E-state index contributed by atoms with van der Waals surface area (Å²) in [5.41, 5.74) is 6.34. The molecule has 0 spiro atoms. The van der Waals surface area contributed by atoms with Gasteiger partial charge in [-0.3, -0.25) is 14.9 Å². The number of aromatic nitrogens is 2. The normalized spacial score (nSPS) is 14.6. The van der Waals surface area contributed by atoms with Gasteiger partial charge in [-0.1, -0.05) is 24.3 Å². The van der Waals surface area contributed by atoms with Gasteiger partial charge in [0.25, 0.3) is 5.56 Å². The molecule has 0 unspecified atom stereocenters. The van der Waals surface area contributed by atoms with Crippen LogP contribution >= 0.6 is 0 Å². The summed E-state index contributed by atoms with van der Waals surface area (Å²) in [6.45, 7) is 5.92. The first kappa shape index (κ1) is 16.1. The summed E-state index contributed by atoms with van der Waals surface area (Å²) >= 11 is 0. The highest BCUT2D eigenvalue weighted by Gasteiger charge is 2.20. The molecular weight excluding hydrogens is 326 g/mol. The molecule has 1 aromatic heterocycles. The Hall–Kier alpha value is -3.34. The van der Waals surface area contributed by atoms with Gasteiger partial charge in [-0.25, -0.2) is 4.68 Å². The van der Waals surface area contributed by atoms with Gasteiger partial charge in [-0.2, -0.15) is 0 Å². The van der Waals surface area contributed by atoms with Crippen LogP contribution in [0.1, 0.15) is 29.2 Å². The Kier molecular flexibility index (Phi) is 3.65. The summed E-state index contributed by atoms with van der Waals surface area (Å²) in [6, 6.07) is 13.5. The van der Waals surface area contributed by atoms with E-state index in [0.29, 0.717) is 5.69 Å². The van der Waals surface area contributed by atoms with Crippen molar-refractivity contribution in [3.63, 3.8) is 0 Å². The molecule has 0 fully saturated rings. The predicted octanol–water partition coefficient (Wildman–Crippen LogP) is 4.13. The molecule has 130 valence electrons. The molecule has 0 bridgehead atoms. The zero-order chi connectivity index (χ0) is 18.4. The Morgan fingerprint density at radius 1 is 1.08 bits per heavy atom. The number of nitrogens with one attached hydrogen (secondary N) is 1. The van der Waals surface area contributed by atoms with Crippen LogP contribution in [0.4, 0.5) is 5.69 Å². The van der Waals surface area contributed by atoms with Crippen LogP contribution in [-0.2, 0) is 0 Å². The van der Waals surface area contributed by atoms with Crippen LogP contribution in [0.2, 0.25) is 0 Å². The molecule has 0 saturated carbocycles. The maximum absolute atomic E-state index is 12.5. The molecule has 2 aromatic carbocycles. The van der Waals surface area contributed by atoms with Crippen molar-refractivity contribution in [1.29, 1.82) is 0 Å². The molecule has 0 radical (unpaired) electrons. The SMILES string of the molecule is CC1=Nc2ccccc2/C1=C\c1c(O)n(-c2ccc(C)c(C)c2)[nH]c1=O. The quantitative estimate of drug-likeness (QED) is 0.733. The second-order valence-corrected chi connectivity index (χ2v) is 6.55. The highest BCUT2D eigenvalue weighted by molar-refractivity contribution is 6.31. The van der Waals surface area contributed by atoms with E-state index in [0.717, 1.165) is 33.7 Å². The van der Waals surface area contributed by atoms with E-state index in [1.54, 1.807) is 6.08 Å². The monoisotopic (exact) mass is 345 g/mol. The van der Waals surface area contributed by atoms with E-state index in [1.165, 1.54) is 4.68 Å². The highest BCUT2D eigenvalue weighted by atomic mass is 16.3. The first-order valence-electron chi connectivity index (χ1n) is 8.44. The number of aromatic hydroxyl groups is 1. The predicted molar refractivity (Wildman–Crippen MR) is 105 cm³/mol. The molecule has 0 aliphatic carbocycles. The number of aryl methyl sites for hydroxylation is 2. The number of nitrogens with zero attached hydrogens (tertiary/aromatic N) is 2. The molecule has 26 heavy (non-hydrogen) atoms. The van der Waals surface area contributed by atoms with Crippen LogP contribution in [0, 0.1) is 13.8 Å². The van der Waals surface area contributed by atoms with Gasteiger partial charge in [-0.15, -0.1) is 0 Å². The molecule has 5 heteroatoms. The first-order valence-corrected chi connectivity index (χ1v) is 8.44. The lowest BCUT2D eigenvalue weighted by Gasteiger charge is -2.07. The van der Waals surface area contributed by atoms with Crippen molar-refractivity contribution in [2.24, 2.45) is 4.99 Å². The van der Waals surface area contributed by atoms with Crippen LogP contribution in [0.3, 0.4) is 0 Å². The third kappa shape index (κ3) is 2.49. The smallest absolute Gasteiger partial charge is 0.275 e. The van der Waals surface area contributed by atoms with Crippen molar-refractivity contribution in [3.8, 4) is 11.6 Å². The zero-order valence-corrected chi connectivity index (χ0v) is 14.9. The van der Waals surface area contributed by atoms with Crippen molar-refractivity contribution in [1.82, 2.24) is 9.78 Å². The number of hydrogen-bond acceptors (Lipinski definition) is 3. The van der Waals surface area contributed by atoms with Crippen LogP contribution < -0.4 is 5.56 Å². The lowest BCUT2D eigenvalue weighted by molar-refractivity contribution is 0.432. The van der Waals surface area contributed by atoms with E-state index in [-0.39, 0.29) is 17.0 Å². The third-order valence-corrected chi connectivity index (χ3v) is 4.82. The lowest BCUT2D eigenvalue weighted by Crippen LogP contribution is -2.06. The maximum Gasteiger partial charge on any atom is 0.275 e. The maximum atomic E-state index is 12.5. The van der Waals surface area contributed by atoms with Crippen molar-refractivity contribution < 1.29 is 5.11 Å². The fourth-order valence-corrected chi connectivity index (χ4v) is 3.18. The number of para-hydroxylation sites is 1. The number of H-pyrrole nitrogens is 1. The van der Waals surface area contributed by atoms with Crippen LogP contribution in [-0.4, -0.2) is 20.6 Å². The van der Waals surface area contributed by atoms with Crippen molar-refractivity contribution >= 4 is 23.0 Å². The summed E-state index contributed by atoms with van der Waals surface area (Å²) < 4.78 is 1.41. The van der Waals surface area contributed by atoms with E-state index >= 15 is 0 Å². The summed E-state index contributed by atoms with van der Waals surface area (Å²) in [5.74, 6) is -0.108. The van der Waals surface area contributed by atoms with Crippen LogP contribution in [0.25, 0.3) is 17.3 Å². The van der Waals surface area contributed by atoms with Gasteiger partial charge in [0.2, 0.25) is 5.88 Å². The van der Waals surface area contributed by atoms with Gasteiger partial charge in [0.1, 0.15) is 5.56 Å². The summed E-state index contributed by atoms with van der Waals surface area (Å²) in [5, 5.41) is 13.4. The molecule has 5 nitrogen and oxygen atoms in total. The van der Waals surface area contributed by atoms with Gasteiger partial charge < -0.3 is 5.11 Å². The van der Waals surface area contributed by atoms with Crippen molar-refractivity contribution in [3.05, 3.63) is 75.1 Å². The van der Waals surface area contributed by atoms with E-state index in [9.17, 15) is 9.90 Å². The molecule has 0 atom stereocenters. The number of allylic oxidation sites excluding steroid dienone is 1. The second-order valence-electron chi connectivity index (χ2n) is 6.55.